The Hall–Kier alpha value is -1.20. The monoisotopic (exact) mass is 228 g/mol. The van der Waals surface area contributed by atoms with E-state index in [1.165, 1.54) is 19.2 Å². The van der Waals surface area contributed by atoms with E-state index in [0.29, 0.717) is 13.1 Å². The van der Waals surface area contributed by atoms with Crippen molar-refractivity contribution in [3.63, 3.8) is 0 Å². The van der Waals surface area contributed by atoms with Crippen LogP contribution >= 0.6 is 0 Å². The number of hydrogen-bond acceptors (Lipinski definition) is 3. The quantitative estimate of drug-likeness (QED) is 0.798. The molecule has 1 aromatic carbocycles. The molecule has 0 radical (unpaired) electrons. The van der Waals surface area contributed by atoms with Gasteiger partial charge in [-0.3, -0.25) is 0 Å². The summed E-state index contributed by atoms with van der Waals surface area (Å²) < 4.78 is 32.3. The van der Waals surface area contributed by atoms with Crippen molar-refractivity contribution in [2.24, 2.45) is 0 Å². The molecule has 0 aromatic heterocycles. The molecule has 1 aliphatic heterocycles. The van der Waals surface area contributed by atoms with Gasteiger partial charge >= 0.3 is 0 Å². The summed E-state index contributed by atoms with van der Waals surface area (Å²) in [6.07, 6.45) is 0. The Morgan fingerprint density at radius 3 is 2.75 bits per heavy atom. The molecule has 0 unspecified atom stereocenters. The van der Waals surface area contributed by atoms with Gasteiger partial charge in [-0.15, -0.1) is 0 Å². The molecule has 1 atom stereocenters. The van der Waals surface area contributed by atoms with E-state index in [9.17, 15) is 8.78 Å². The van der Waals surface area contributed by atoms with Crippen molar-refractivity contribution in [3.8, 4) is 5.75 Å². The maximum atomic E-state index is 13.9. The van der Waals surface area contributed by atoms with Crippen LogP contribution in [-0.4, -0.2) is 26.7 Å². The van der Waals surface area contributed by atoms with E-state index in [4.69, 9.17) is 4.74 Å². The Labute approximate surface area is 92.8 Å². The minimum atomic E-state index is -0.622. The third kappa shape index (κ3) is 2.01. The van der Waals surface area contributed by atoms with Crippen molar-refractivity contribution in [3.05, 3.63) is 29.3 Å². The summed E-state index contributed by atoms with van der Waals surface area (Å²) in [4.78, 5) is 0. The second kappa shape index (κ2) is 4.76. The lowest BCUT2D eigenvalue weighted by Crippen LogP contribution is -2.43. The molecule has 2 rings (SSSR count). The van der Waals surface area contributed by atoms with E-state index in [-0.39, 0.29) is 17.4 Å². The topological polar surface area (TPSA) is 33.3 Å². The number of ether oxygens (including phenoxy) is 1. The molecular formula is C11H14F2N2O. The minimum absolute atomic E-state index is 0.0477. The highest BCUT2D eigenvalue weighted by atomic mass is 19.1. The molecule has 16 heavy (non-hydrogen) atoms. The standard InChI is InChI=1S/C11H14F2N2O/c1-16-9-3-2-7(12)10(11(9)13)8-6-14-4-5-15-8/h2-3,8,14-15H,4-6H2,1H3/t8-/m0/s1. The van der Waals surface area contributed by atoms with Crippen LogP contribution in [0.4, 0.5) is 8.78 Å². The van der Waals surface area contributed by atoms with Crippen molar-refractivity contribution in [1.29, 1.82) is 0 Å². The first-order valence-corrected chi connectivity index (χ1v) is 5.20. The molecule has 88 valence electrons. The van der Waals surface area contributed by atoms with Crippen molar-refractivity contribution >= 4 is 0 Å². The third-order valence-electron chi connectivity index (χ3n) is 2.70. The Balaban J connectivity index is 2.37. The fraction of sp³-hybridized carbons (Fsp3) is 0.455. The number of halogens is 2. The van der Waals surface area contributed by atoms with Gasteiger partial charge in [-0.1, -0.05) is 0 Å². The van der Waals surface area contributed by atoms with Crippen LogP contribution in [0.2, 0.25) is 0 Å². The van der Waals surface area contributed by atoms with E-state index < -0.39 is 11.6 Å². The molecule has 0 saturated carbocycles. The zero-order valence-electron chi connectivity index (χ0n) is 9.02. The first-order valence-electron chi connectivity index (χ1n) is 5.20. The van der Waals surface area contributed by atoms with Crippen molar-refractivity contribution in [1.82, 2.24) is 10.6 Å². The molecule has 1 aliphatic rings. The number of benzene rings is 1. The molecule has 1 fully saturated rings. The highest BCUT2D eigenvalue weighted by molar-refractivity contribution is 5.34. The second-order valence-corrected chi connectivity index (χ2v) is 3.69. The van der Waals surface area contributed by atoms with Gasteiger partial charge in [0.25, 0.3) is 0 Å². The van der Waals surface area contributed by atoms with Crippen molar-refractivity contribution < 1.29 is 13.5 Å². The highest BCUT2D eigenvalue weighted by Crippen LogP contribution is 2.28. The van der Waals surface area contributed by atoms with Gasteiger partial charge < -0.3 is 15.4 Å². The minimum Gasteiger partial charge on any atom is -0.494 e. The first-order chi connectivity index (χ1) is 7.74. The van der Waals surface area contributed by atoms with Crippen LogP contribution in [0.1, 0.15) is 11.6 Å². The summed E-state index contributed by atoms with van der Waals surface area (Å²) in [5.74, 6) is -1.09. The van der Waals surface area contributed by atoms with Gasteiger partial charge in [-0.2, -0.15) is 0 Å². The van der Waals surface area contributed by atoms with Crippen LogP contribution in [0, 0.1) is 11.6 Å². The molecule has 0 aliphatic carbocycles. The smallest absolute Gasteiger partial charge is 0.172 e. The Morgan fingerprint density at radius 2 is 2.12 bits per heavy atom. The molecule has 0 spiro atoms. The van der Waals surface area contributed by atoms with E-state index >= 15 is 0 Å². The summed E-state index contributed by atoms with van der Waals surface area (Å²) in [5.41, 5.74) is 0.0477. The fourth-order valence-corrected chi connectivity index (χ4v) is 1.88. The summed E-state index contributed by atoms with van der Waals surface area (Å²) in [5, 5.41) is 6.16. The number of nitrogens with one attached hydrogen (secondary N) is 2. The van der Waals surface area contributed by atoms with Gasteiger partial charge in [0, 0.05) is 25.2 Å². The lowest BCUT2D eigenvalue weighted by molar-refractivity contribution is 0.362. The molecule has 1 saturated heterocycles. The van der Waals surface area contributed by atoms with Gasteiger partial charge in [-0.25, -0.2) is 8.78 Å². The Morgan fingerprint density at radius 1 is 1.31 bits per heavy atom. The van der Waals surface area contributed by atoms with Gasteiger partial charge in [-0.05, 0) is 12.1 Å². The largest absolute Gasteiger partial charge is 0.494 e. The van der Waals surface area contributed by atoms with Gasteiger partial charge in [0.15, 0.2) is 11.6 Å². The van der Waals surface area contributed by atoms with Gasteiger partial charge in [0.1, 0.15) is 5.82 Å². The molecule has 1 heterocycles. The fourth-order valence-electron chi connectivity index (χ4n) is 1.88. The lowest BCUT2D eigenvalue weighted by Gasteiger charge is -2.25. The van der Waals surface area contributed by atoms with Gasteiger partial charge in [0.2, 0.25) is 0 Å². The second-order valence-electron chi connectivity index (χ2n) is 3.69. The maximum absolute atomic E-state index is 13.9. The Bertz CT molecular complexity index is 378. The van der Waals surface area contributed by atoms with Crippen LogP contribution in [0.3, 0.4) is 0 Å². The summed E-state index contributed by atoms with van der Waals surface area (Å²) in [6, 6.07) is 2.18. The summed E-state index contributed by atoms with van der Waals surface area (Å²) >= 11 is 0. The van der Waals surface area contributed by atoms with Crippen molar-refractivity contribution in [2.75, 3.05) is 26.7 Å². The SMILES string of the molecule is COc1ccc(F)c([C@@H]2CNCCN2)c1F. The predicted molar refractivity (Wildman–Crippen MR) is 56.5 cm³/mol. The summed E-state index contributed by atoms with van der Waals surface area (Å²) in [6.45, 7) is 2.02. The lowest BCUT2D eigenvalue weighted by atomic mass is 10.0. The van der Waals surface area contributed by atoms with E-state index in [2.05, 4.69) is 10.6 Å². The summed E-state index contributed by atoms with van der Waals surface area (Å²) in [7, 11) is 1.37. The average molecular weight is 228 g/mol. The zero-order valence-corrected chi connectivity index (χ0v) is 9.02. The van der Waals surface area contributed by atoms with E-state index in [0.717, 1.165) is 6.54 Å². The third-order valence-corrected chi connectivity index (χ3v) is 2.70. The first kappa shape index (κ1) is 11.3. The number of piperazine rings is 1. The van der Waals surface area contributed by atoms with E-state index in [1.807, 2.05) is 0 Å². The predicted octanol–water partition coefficient (Wildman–Crippen LogP) is 1.21. The number of rotatable bonds is 2. The zero-order chi connectivity index (χ0) is 11.5. The van der Waals surface area contributed by atoms with Crippen LogP contribution < -0.4 is 15.4 Å². The maximum Gasteiger partial charge on any atom is 0.172 e. The molecule has 0 amide bonds. The highest BCUT2D eigenvalue weighted by Gasteiger charge is 2.24. The van der Waals surface area contributed by atoms with Crippen LogP contribution in [0.5, 0.6) is 5.75 Å². The molecule has 3 nitrogen and oxygen atoms in total. The normalized spacial score (nSPS) is 20.8. The molecular weight excluding hydrogens is 214 g/mol. The van der Waals surface area contributed by atoms with Crippen LogP contribution in [-0.2, 0) is 0 Å². The average Bonchev–Trinajstić information content (AvgIpc) is 2.31. The van der Waals surface area contributed by atoms with Crippen molar-refractivity contribution in [2.45, 2.75) is 6.04 Å². The molecule has 2 N–H and O–H groups in total. The van der Waals surface area contributed by atoms with E-state index in [1.54, 1.807) is 0 Å². The molecule has 1 aromatic rings. The van der Waals surface area contributed by atoms with Gasteiger partial charge in [0.05, 0.1) is 13.2 Å². The Kier molecular flexibility index (Phi) is 3.36. The number of hydrogen-bond donors (Lipinski definition) is 2. The van der Waals surface area contributed by atoms with Crippen LogP contribution in [0.25, 0.3) is 0 Å². The molecule has 0 bridgehead atoms. The molecule has 5 heteroatoms. The van der Waals surface area contributed by atoms with Crippen LogP contribution in [0.15, 0.2) is 12.1 Å². The number of methoxy groups -OCH3 is 1.